The maximum Gasteiger partial charge on any atom is 0.225 e. The molecule has 0 atom stereocenters. The van der Waals surface area contributed by atoms with Crippen LogP contribution in [-0.4, -0.2) is 41.1 Å². The van der Waals surface area contributed by atoms with Crippen LogP contribution < -0.4 is 16.2 Å². The predicted molar refractivity (Wildman–Crippen MR) is 62.0 cm³/mol. The molecule has 0 aliphatic heterocycles. The Morgan fingerprint density at radius 3 is 2.81 bits per heavy atom. The van der Waals surface area contributed by atoms with Crippen molar-refractivity contribution in [1.82, 2.24) is 14.9 Å². The minimum atomic E-state index is 0.144. The molecule has 0 radical (unpaired) electrons. The summed E-state index contributed by atoms with van der Waals surface area (Å²) in [7, 11) is 2.10. The van der Waals surface area contributed by atoms with E-state index in [0.717, 1.165) is 12.6 Å². The van der Waals surface area contributed by atoms with Crippen molar-refractivity contribution in [3.63, 3.8) is 0 Å². The van der Waals surface area contributed by atoms with Gasteiger partial charge < -0.3 is 21.1 Å². The molecule has 0 aromatic carbocycles. The molecule has 0 unspecified atom stereocenters. The molecule has 1 fully saturated rings. The molecule has 1 aromatic heterocycles. The number of nitrogen functional groups attached to an aromatic ring is 2. The van der Waals surface area contributed by atoms with Crippen LogP contribution in [0, 0.1) is 0 Å². The maximum atomic E-state index is 5.53. The molecule has 0 bridgehead atoms. The van der Waals surface area contributed by atoms with E-state index >= 15 is 0 Å². The number of ether oxygens (including phenoxy) is 1. The van der Waals surface area contributed by atoms with Crippen molar-refractivity contribution >= 4 is 11.8 Å². The molecule has 6 nitrogen and oxygen atoms in total. The smallest absolute Gasteiger partial charge is 0.225 e. The van der Waals surface area contributed by atoms with Crippen LogP contribution in [-0.2, 0) is 0 Å². The Labute approximate surface area is 94.6 Å². The molecule has 2 rings (SSSR count). The van der Waals surface area contributed by atoms with Crippen molar-refractivity contribution in [2.75, 3.05) is 31.7 Å². The van der Waals surface area contributed by atoms with Crippen molar-refractivity contribution < 1.29 is 4.74 Å². The fourth-order valence-electron chi connectivity index (χ4n) is 1.53. The average Bonchev–Trinajstić information content (AvgIpc) is 2.98. The fourth-order valence-corrected chi connectivity index (χ4v) is 1.53. The molecular formula is C10H17N5O. The second kappa shape index (κ2) is 4.52. The highest BCUT2D eigenvalue weighted by Gasteiger charge is 2.25. The van der Waals surface area contributed by atoms with Gasteiger partial charge in [-0.3, -0.25) is 0 Å². The minimum Gasteiger partial charge on any atom is -0.476 e. The molecule has 1 aliphatic rings. The van der Waals surface area contributed by atoms with Crippen LogP contribution in [0.2, 0.25) is 0 Å². The van der Waals surface area contributed by atoms with Gasteiger partial charge in [-0.15, -0.1) is 0 Å². The molecule has 6 heteroatoms. The zero-order valence-corrected chi connectivity index (χ0v) is 9.39. The Hall–Kier alpha value is -1.56. The second-order valence-corrected chi connectivity index (χ2v) is 4.05. The number of nitrogens with zero attached hydrogens (tertiary/aromatic N) is 3. The molecule has 1 saturated carbocycles. The zero-order chi connectivity index (χ0) is 11.5. The number of hydrogen-bond acceptors (Lipinski definition) is 6. The summed E-state index contributed by atoms with van der Waals surface area (Å²) in [6.07, 6.45) is 2.59. The Bertz CT molecular complexity index is 346. The lowest BCUT2D eigenvalue weighted by molar-refractivity contribution is 0.226. The normalized spacial score (nSPS) is 15.4. The van der Waals surface area contributed by atoms with Crippen LogP contribution in [0.3, 0.4) is 0 Å². The SMILES string of the molecule is CN(CCOc1cc(N)nc(N)n1)C1CC1. The molecule has 0 saturated heterocycles. The number of aromatic nitrogens is 2. The van der Waals surface area contributed by atoms with Crippen molar-refractivity contribution in [1.29, 1.82) is 0 Å². The third-order valence-corrected chi connectivity index (χ3v) is 2.60. The lowest BCUT2D eigenvalue weighted by atomic mass is 10.5. The first-order valence-electron chi connectivity index (χ1n) is 5.38. The fraction of sp³-hybridized carbons (Fsp3) is 0.600. The van der Waals surface area contributed by atoms with Crippen LogP contribution in [0.4, 0.5) is 11.8 Å². The summed E-state index contributed by atoms with van der Waals surface area (Å²) in [4.78, 5) is 9.99. The summed E-state index contributed by atoms with van der Waals surface area (Å²) in [5, 5.41) is 0. The van der Waals surface area contributed by atoms with E-state index in [2.05, 4.69) is 21.9 Å². The third kappa shape index (κ3) is 2.96. The first kappa shape index (κ1) is 10.9. The molecule has 1 aromatic rings. The lowest BCUT2D eigenvalue weighted by Gasteiger charge is -2.15. The molecular weight excluding hydrogens is 206 g/mol. The van der Waals surface area contributed by atoms with Crippen molar-refractivity contribution in [3.8, 4) is 5.88 Å². The van der Waals surface area contributed by atoms with Gasteiger partial charge in [0, 0.05) is 18.7 Å². The van der Waals surface area contributed by atoms with Crippen LogP contribution in [0.1, 0.15) is 12.8 Å². The quantitative estimate of drug-likeness (QED) is 0.736. The van der Waals surface area contributed by atoms with Gasteiger partial charge in [0.1, 0.15) is 12.4 Å². The first-order valence-corrected chi connectivity index (χ1v) is 5.38. The predicted octanol–water partition coefficient (Wildman–Crippen LogP) is 0.114. The van der Waals surface area contributed by atoms with E-state index in [1.165, 1.54) is 12.8 Å². The molecule has 88 valence electrons. The van der Waals surface area contributed by atoms with E-state index in [1.54, 1.807) is 6.07 Å². The van der Waals surface area contributed by atoms with E-state index < -0.39 is 0 Å². The van der Waals surface area contributed by atoms with Gasteiger partial charge in [-0.1, -0.05) is 0 Å². The highest BCUT2D eigenvalue weighted by atomic mass is 16.5. The Balaban J connectivity index is 1.79. The molecule has 1 heterocycles. The molecule has 0 amide bonds. The highest BCUT2D eigenvalue weighted by molar-refractivity contribution is 5.38. The first-order chi connectivity index (χ1) is 7.65. The number of rotatable bonds is 5. The minimum absolute atomic E-state index is 0.144. The summed E-state index contributed by atoms with van der Waals surface area (Å²) in [6, 6.07) is 2.32. The maximum absolute atomic E-state index is 5.53. The van der Waals surface area contributed by atoms with Gasteiger partial charge in [-0.25, -0.2) is 0 Å². The summed E-state index contributed by atoms with van der Waals surface area (Å²) in [6.45, 7) is 1.47. The summed E-state index contributed by atoms with van der Waals surface area (Å²) in [5.41, 5.74) is 11.0. The Morgan fingerprint density at radius 1 is 1.44 bits per heavy atom. The van der Waals surface area contributed by atoms with Crippen LogP contribution in [0.15, 0.2) is 6.07 Å². The standard InChI is InChI=1S/C10H17N5O/c1-15(7-2-3-7)4-5-16-9-6-8(11)13-10(12)14-9/h6-7H,2-5H2,1H3,(H4,11,12,13,14). The molecule has 4 N–H and O–H groups in total. The van der Waals surface area contributed by atoms with Gasteiger partial charge in [-0.2, -0.15) is 9.97 Å². The second-order valence-electron chi connectivity index (χ2n) is 4.05. The average molecular weight is 223 g/mol. The van der Waals surface area contributed by atoms with E-state index in [1.807, 2.05) is 0 Å². The summed E-state index contributed by atoms with van der Waals surface area (Å²) in [5.74, 6) is 0.915. The zero-order valence-electron chi connectivity index (χ0n) is 9.39. The van der Waals surface area contributed by atoms with E-state index in [9.17, 15) is 0 Å². The van der Waals surface area contributed by atoms with Gasteiger partial charge in [0.05, 0.1) is 0 Å². The monoisotopic (exact) mass is 223 g/mol. The van der Waals surface area contributed by atoms with E-state index in [0.29, 0.717) is 18.3 Å². The van der Waals surface area contributed by atoms with Crippen molar-refractivity contribution in [3.05, 3.63) is 6.07 Å². The van der Waals surface area contributed by atoms with Crippen LogP contribution in [0.25, 0.3) is 0 Å². The number of likely N-dealkylation sites (N-methyl/N-ethyl adjacent to an activating group) is 1. The highest BCUT2D eigenvalue weighted by Crippen LogP contribution is 2.24. The number of anilines is 2. The van der Waals surface area contributed by atoms with E-state index in [4.69, 9.17) is 16.2 Å². The Morgan fingerprint density at radius 2 is 2.19 bits per heavy atom. The lowest BCUT2D eigenvalue weighted by Crippen LogP contribution is -2.26. The van der Waals surface area contributed by atoms with E-state index in [-0.39, 0.29) is 5.95 Å². The van der Waals surface area contributed by atoms with Crippen molar-refractivity contribution in [2.45, 2.75) is 18.9 Å². The van der Waals surface area contributed by atoms with Gasteiger partial charge >= 0.3 is 0 Å². The van der Waals surface area contributed by atoms with Crippen LogP contribution >= 0.6 is 0 Å². The number of nitrogens with two attached hydrogens (primary N) is 2. The molecule has 16 heavy (non-hydrogen) atoms. The topological polar surface area (TPSA) is 90.3 Å². The van der Waals surface area contributed by atoms with Gasteiger partial charge in [0.2, 0.25) is 11.8 Å². The Kier molecular flexibility index (Phi) is 3.09. The van der Waals surface area contributed by atoms with Gasteiger partial charge in [0.25, 0.3) is 0 Å². The third-order valence-electron chi connectivity index (χ3n) is 2.60. The number of hydrogen-bond donors (Lipinski definition) is 2. The van der Waals surface area contributed by atoms with Gasteiger partial charge in [0.15, 0.2) is 0 Å². The van der Waals surface area contributed by atoms with Crippen molar-refractivity contribution in [2.24, 2.45) is 0 Å². The summed E-state index contributed by atoms with van der Waals surface area (Å²) >= 11 is 0. The van der Waals surface area contributed by atoms with Gasteiger partial charge in [-0.05, 0) is 19.9 Å². The molecule has 1 aliphatic carbocycles. The summed E-state index contributed by atoms with van der Waals surface area (Å²) < 4.78 is 5.46. The van der Waals surface area contributed by atoms with Crippen LogP contribution in [0.5, 0.6) is 5.88 Å². The largest absolute Gasteiger partial charge is 0.476 e. The molecule has 0 spiro atoms.